The van der Waals surface area contributed by atoms with E-state index in [4.69, 9.17) is 0 Å². The highest BCUT2D eigenvalue weighted by Gasteiger charge is 2.09. The van der Waals surface area contributed by atoms with Crippen LogP contribution in [0, 0.1) is 0 Å². The lowest BCUT2D eigenvalue weighted by Gasteiger charge is -2.05. The van der Waals surface area contributed by atoms with Gasteiger partial charge < -0.3 is 5.32 Å². The molecule has 0 aliphatic carbocycles. The first-order valence-corrected chi connectivity index (χ1v) is 7.86. The zero-order valence-electron chi connectivity index (χ0n) is 11.7. The van der Waals surface area contributed by atoms with E-state index < -0.39 is 0 Å². The number of hydrogen-bond acceptors (Lipinski definition) is 3. The highest BCUT2D eigenvalue weighted by molar-refractivity contribution is 7.15. The summed E-state index contributed by atoms with van der Waals surface area (Å²) in [4.78, 5) is 17.5. The number of thiazole rings is 1. The van der Waals surface area contributed by atoms with Crippen molar-refractivity contribution in [2.24, 2.45) is 0 Å². The number of benzene rings is 2. The summed E-state index contributed by atoms with van der Waals surface area (Å²) in [6.45, 7) is 0. The molecule has 4 aromatic rings. The molecule has 0 atom stereocenters. The van der Waals surface area contributed by atoms with E-state index in [-0.39, 0.29) is 12.3 Å². The summed E-state index contributed by atoms with van der Waals surface area (Å²) in [6.07, 6.45) is 4.12. The van der Waals surface area contributed by atoms with E-state index in [9.17, 15) is 4.79 Å². The van der Waals surface area contributed by atoms with Crippen LogP contribution >= 0.6 is 11.3 Å². The maximum absolute atomic E-state index is 12.2. The third kappa shape index (κ3) is 2.46. The van der Waals surface area contributed by atoms with Crippen molar-refractivity contribution in [2.45, 2.75) is 6.42 Å². The second kappa shape index (κ2) is 5.27. The fourth-order valence-corrected chi connectivity index (χ4v) is 3.22. The third-order valence-electron chi connectivity index (χ3n) is 3.52. The number of hydrogen-bond donors (Lipinski definition) is 1. The van der Waals surface area contributed by atoms with Crippen LogP contribution in [-0.2, 0) is 11.2 Å². The Morgan fingerprint density at radius 3 is 2.91 bits per heavy atom. The third-order valence-corrected chi connectivity index (χ3v) is 4.29. The smallest absolute Gasteiger partial charge is 0.230 e. The van der Waals surface area contributed by atoms with Crippen molar-refractivity contribution < 1.29 is 4.79 Å². The van der Waals surface area contributed by atoms with Crippen molar-refractivity contribution in [3.8, 4) is 0 Å². The molecule has 108 valence electrons. The molecule has 2 heterocycles. The molecule has 0 spiro atoms. The Kier molecular flexibility index (Phi) is 3.12. The van der Waals surface area contributed by atoms with Crippen LogP contribution in [0.3, 0.4) is 0 Å². The van der Waals surface area contributed by atoms with Gasteiger partial charge in [0.05, 0.1) is 12.1 Å². The Labute approximate surface area is 131 Å². The van der Waals surface area contributed by atoms with Gasteiger partial charge in [-0.2, -0.15) is 0 Å². The molecular weight excluding hydrogens is 294 g/mol. The summed E-state index contributed by atoms with van der Waals surface area (Å²) in [7, 11) is 0. The predicted octanol–water partition coefficient (Wildman–Crippen LogP) is 3.73. The van der Waals surface area contributed by atoms with Gasteiger partial charge in [0.15, 0.2) is 4.96 Å². The van der Waals surface area contributed by atoms with E-state index >= 15 is 0 Å². The lowest BCUT2D eigenvalue weighted by Crippen LogP contribution is -2.14. The molecule has 4 nitrogen and oxygen atoms in total. The van der Waals surface area contributed by atoms with Gasteiger partial charge in [0, 0.05) is 23.5 Å². The van der Waals surface area contributed by atoms with Crippen molar-refractivity contribution in [1.29, 1.82) is 0 Å². The summed E-state index contributed by atoms with van der Waals surface area (Å²) in [5.74, 6) is -0.0546. The van der Waals surface area contributed by atoms with E-state index in [0.717, 1.165) is 27.1 Å². The molecule has 5 heteroatoms. The van der Waals surface area contributed by atoms with Crippen LogP contribution in [0.15, 0.2) is 60.2 Å². The molecule has 0 bridgehead atoms. The lowest BCUT2D eigenvalue weighted by atomic mass is 10.1. The number of rotatable bonds is 3. The van der Waals surface area contributed by atoms with Gasteiger partial charge in [0.25, 0.3) is 0 Å². The Hall–Kier alpha value is -2.66. The highest BCUT2D eigenvalue weighted by Crippen LogP contribution is 2.19. The Balaban J connectivity index is 1.51. The second-order valence-corrected chi connectivity index (χ2v) is 5.98. The van der Waals surface area contributed by atoms with Gasteiger partial charge >= 0.3 is 0 Å². The predicted molar refractivity (Wildman–Crippen MR) is 89.4 cm³/mol. The topological polar surface area (TPSA) is 46.4 Å². The molecule has 2 aromatic carbocycles. The van der Waals surface area contributed by atoms with Crippen LogP contribution in [0.2, 0.25) is 0 Å². The van der Waals surface area contributed by atoms with Crippen LogP contribution < -0.4 is 5.32 Å². The Morgan fingerprint density at radius 1 is 1.18 bits per heavy atom. The standard InChI is InChI=1S/C17H13N3OS/c21-16(10-15-11-20-7-8-22-17(20)19-15)18-14-6-5-12-3-1-2-4-13(12)9-14/h1-9,11H,10H2,(H,18,21). The van der Waals surface area contributed by atoms with Crippen molar-refractivity contribution in [1.82, 2.24) is 9.38 Å². The maximum atomic E-state index is 12.2. The minimum atomic E-state index is -0.0546. The molecule has 1 N–H and O–H groups in total. The molecular formula is C17H13N3OS. The Bertz CT molecular complexity index is 942. The number of fused-ring (bicyclic) bond motifs is 2. The summed E-state index contributed by atoms with van der Waals surface area (Å²) in [5.41, 5.74) is 1.59. The number of carbonyl (C=O) groups is 1. The largest absolute Gasteiger partial charge is 0.326 e. The van der Waals surface area contributed by atoms with Gasteiger partial charge in [0.2, 0.25) is 5.91 Å². The van der Waals surface area contributed by atoms with Crippen molar-refractivity contribution >= 4 is 38.7 Å². The number of imidazole rings is 1. The van der Waals surface area contributed by atoms with E-state index in [1.54, 1.807) is 11.3 Å². The van der Waals surface area contributed by atoms with E-state index in [1.165, 1.54) is 0 Å². The molecule has 0 aliphatic heterocycles. The average molecular weight is 307 g/mol. The maximum Gasteiger partial charge on any atom is 0.230 e. The molecule has 0 aliphatic rings. The first kappa shape index (κ1) is 13.0. The molecule has 0 saturated heterocycles. The first-order chi connectivity index (χ1) is 10.8. The molecule has 0 radical (unpaired) electrons. The second-order valence-electron chi connectivity index (χ2n) is 5.11. The van der Waals surface area contributed by atoms with E-state index in [1.807, 2.05) is 58.6 Å². The van der Waals surface area contributed by atoms with Crippen LogP contribution in [0.5, 0.6) is 0 Å². The van der Waals surface area contributed by atoms with Gasteiger partial charge in [-0.1, -0.05) is 30.3 Å². The summed E-state index contributed by atoms with van der Waals surface area (Å²) >= 11 is 1.56. The number of amides is 1. The van der Waals surface area contributed by atoms with Gasteiger partial charge in [0.1, 0.15) is 0 Å². The van der Waals surface area contributed by atoms with Gasteiger partial charge in [-0.15, -0.1) is 11.3 Å². The highest BCUT2D eigenvalue weighted by atomic mass is 32.1. The van der Waals surface area contributed by atoms with Crippen molar-refractivity contribution in [3.63, 3.8) is 0 Å². The van der Waals surface area contributed by atoms with Crippen LogP contribution in [0.1, 0.15) is 5.69 Å². The fraction of sp³-hybridized carbons (Fsp3) is 0.0588. The molecule has 4 rings (SSSR count). The summed E-state index contributed by atoms with van der Waals surface area (Å²) < 4.78 is 1.93. The van der Waals surface area contributed by atoms with Crippen LogP contribution in [0.25, 0.3) is 15.7 Å². The van der Waals surface area contributed by atoms with Gasteiger partial charge in [-0.05, 0) is 22.9 Å². The van der Waals surface area contributed by atoms with Crippen molar-refractivity contribution in [3.05, 3.63) is 65.9 Å². The molecule has 2 aromatic heterocycles. The molecule has 22 heavy (non-hydrogen) atoms. The summed E-state index contributed by atoms with van der Waals surface area (Å²) in [6, 6.07) is 14.0. The number of carbonyl (C=O) groups excluding carboxylic acids is 1. The number of aromatic nitrogens is 2. The average Bonchev–Trinajstić information content (AvgIpc) is 3.08. The van der Waals surface area contributed by atoms with Gasteiger partial charge in [-0.25, -0.2) is 4.98 Å². The zero-order valence-corrected chi connectivity index (χ0v) is 12.5. The van der Waals surface area contributed by atoms with Crippen LogP contribution in [-0.4, -0.2) is 15.3 Å². The normalized spacial score (nSPS) is 11.1. The fourth-order valence-electron chi connectivity index (χ4n) is 2.50. The molecule has 0 unspecified atom stereocenters. The molecule has 1 amide bonds. The molecule has 0 saturated carbocycles. The monoisotopic (exact) mass is 307 g/mol. The van der Waals surface area contributed by atoms with Crippen molar-refractivity contribution in [2.75, 3.05) is 5.32 Å². The SMILES string of the molecule is O=C(Cc1cn2ccsc2n1)Nc1ccc2ccccc2c1. The van der Waals surface area contributed by atoms with Crippen LogP contribution in [0.4, 0.5) is 5.69 Å². The zero-order chi connectivity index (χ0) is 14.9. The number of anilines is 1. The molecule has 0 fully saturated rings. The lowest BCUT2D eigenvalue weighted by molar-refractivity contribution is -0.115. The van der Waals surface area contributed by atoms with Gasteiger partial charge in [-0.3, -0.25) is 9.20 Å². The van der Waals surface area contributed by atoms with E-state index in [2.05, 4.69) is 16.4 Å². The number of nitrogens with zero attached hydrogens (tertiary/aromatic N) is 2. The minimum Gasteiger partial charge on any atom is -0.326 e. The first-order valence-electron chi connectivity index (χ1n) is 6.98. The summed E-state index contributed by atoms with van der Waals surface area (Å²) in [5, 5.41) is 7.18. The minimum absolute atomic E-state index is 0.0546. The number of nitrogens with one attached hydrogen (secondary N) is 1. The Morgan fingerprint density at radius 2 is 2.05 bits per heavy atom. The quantitative estimate of drug-likeness (QED) is 0.627. The van der Waals surface area contributed by atoms with E-state index in [0.29, 0.717) is 0 Å².